The first-order valence-corrected chi connectivity index (χ1v) is 8.55. The van der Waals surface area contributed by atoms with Crippen LogP contribution in [0.25, 0.3) is 0 Å². The number of amides is 1. The average Bonchev–Trinajstić information content (AvgIpc) is 3.01. The number of nitrogens with zero attached hydrogens (tertiary/aromatic N) is 6. The van der Waals surface area contributed by atoms with Crippen molar-refractivity contribution in [2.45, 2.75) is 39.7 Å². The number of hydrogen-bond acceptors (Lipinski definition) is 5. The van der Waals surface area contributed by atoms with E-state index in [0.717, 1.165) is 44.6 Å². The average molecular weight is 328 g/mol. The highest BCUT2D eigenvalue weighted by Gasteiger charge is 2.25. The van der Waals surface area contributed by atoms with Gasteiger partial charge in [-0.2, -0.15) is 0 Å². The largest absolute Gasteiger partial charge is 0.338 e. The zero-order valence-electron chi connectivity index (χ0n) is 14.3. The fraction of sp³-hybridized carbons (Fsp3) is 0.588. The molecule has 2 aromatic rings. The van der Waals surface area contributed by atoms with E-state index in [2.05, 4.69) is 34.1 Å². The molecule has 0 N–H and O–H groups in total. The van der Waals surface area contributed by atoms with E-state index in [0.29, 0.717) is 17.4 Å². The summed E-state index contributed by atoms with van der Waals surface area (Å²) >= 11 is 0. The van der Waals surface area contributed by atoms with Crippen LogP contribution in [0.5, 0.6) is 0 Å². The minimum atomic E-state index is 0.0133. The van der Waals surface area contributed by atoms with Crippen molar-refractivity contribution in [1.29, 1.82) is 0 Å². The molecule has 0 unspecified atom stereocenters. The lowest BCUT2D eigenvalue weighted by molar-refractivity contribution is 0.0658. The molecule has 0 aliphatic carbocycles. The monoisotopic (exact) mass is 328 g/mol. The van der Waals surface area contributed by atoms with Gasteiger partial charge in [0.25, 0.3) is 5.91 Å². The Morgan fingerprint density at radius 2 is 2.12 bits per heavy atom. The molecule has 3 rings (SSSR count). The molecule has 7 nitrogen and oxygen atoms in total. The van der Waals surface area contributed by atoms with Gasteiger partial charge in [-0.3, -0.25) is 9.48 Å². The second-order valence-electron chi connectivity index (χ2n) is 6.92. The van der Waals surface area contributed by atoms with Gasteiger partial charge in [0.2, 0.25) is 0 Å². The van der Waals surface area contributed by atoms with E-state index in [9.17, 15) is 4.79 Å². The van der Waals surface area contributed by atoms with Crippen molar-refractivity contribution in [3.63, 3.8) is 0 Å². The van der Waals surface area contributed by atoms with E-state index in [1.54, 1.807) is 12.4 Å². The highest BCUT2D eigenvalue weighted by atomic mass is 16.2. The summed E-state index contributed by atoms with van der Waals surface area (Å²) in [5.74, 6) is 0.992. The predicted molar refractivity (Wildman–Crippen MR) is 89.2 cm³/mol. The molecule has 0 saturated carbocycles. The molecule has 1 aliphatic rings. The van der Waals surface area contributed by atoms with Crippen molar-refractivity contribution in [1.82, 2.24) is 29.9 Å². The molecule has 1 amide bonds. The molecule has 0 aromatic carbocycles. The smallest absolute Gasteiger partial charge is 0.257 e. The van der Waals surface area contributed by atoms with Crippen LogP contribution in [0, 0.1) is 11.8 Å². The molecule has 24 heavy (non-hydrogen) atoms. The van der Waals surface area contributed by atoms with Gasteiger partial charge in [0.15, 0.2) is 0 Å². The third-order valence-electron chi connectivity index (χ3n) is 4.26. The maximum atomic E-state index is 12.5. The second kappa shape index (κ2) is 7.51. The summed E-state index contributed by atoms with van der Waals surface area (Å²) in [6.45, 7) is 6.70. The summed E-state index contributed by atoms with van der Waals surface area (Å²) in [6.07, 6.45) is 9.69. The van der Waals surface area contributed by atoms with E-state index in [1.807, 2.05) is 15.8 Å². The predicted octanol–water partition coefficient (Wildman–Crippen LogP) is 1.82. The van der Waals surface area contributed by atoms with Gasteiger partial charge in [-0.05, 0) is 31.1 Å². The van der Waals surface area contributed by atoms with Crippen LogP contribution in [-0.2, 0) is 13.0 Å². The third kappa shape index (κ3) is 4.15. The maximum Gasteiger partial charge on any atom is 0.257 e. The van der Waals surface area contributed by atoms with Crippen LogP contribution in [0.2, 0.25) is 0 Å². The quantitative estimate of drug-likeness (QED) is 0.837. The lowest BCUT2D eigenvalue weighted by atomic mass is 9.97. The Morgan fingerprint density at radius 3 is 2.88 bits per heavy atom. The Hall–Kier alpha value is -2.31. The zero-order chi connectivity index (χ0) is 16.9. The van der Waals surface area contributed by atoms with Gasteiger partial charge in [-0.15, -0.1) is 5.10 Å². The van der Waals surface area contributed by atoms with E-state index in [1.165, 1.54) is 6.33 Å². The van der Waals surface area contributed by atoms with E-state index >= 15 is 0 Å². The molecule has 1 saturated heterocycles. The summed E-state index contributed by atoms with van der Waals surface area (Å²) in [7, 11) is 0. The van der Waals surface area contributed by atoms with Gasteiger partial charge in [0, 0.05) is 38.2 Å². The number of carbonyl (C=O) groups excluding carboxylic acids is 1. The standard InChI is InChI=1S/C17H24N6O/c1-13(2)6-16-11-23(21-20-16)10-14-4-3-5-22(9-14)17(24)15-7-18-12-19-8-15/h7-8,11-14H,3-6,9-10H2,1-2H3/t14-/m1/s1. The summed E-state index contributed by atoms with van der Waals surface area (Å²) in [5, 5.41) is 8.47. The normalized spacial score (nSPS) is 18.1. The molecular formula is C17H24N6O. The maximum absolute atomic E-state index is 12.5. The Kier molecular flexibility index (Phi) is 5.17. The van der Waals surface area contributed by atoms with Crippen molar-refractivity contribution in [3.05, 3.63) is 36.2 Å². The molecule has 0 radical (unpaired) electrons. The van der Waals surface area contributed by atoms with Gasteiger partial charge in [-0.25, -0.2) is 9.97 Å². The molecule has 0 spiro atoms. The molecule has 1 fully saturated rings. The van der Waals surface area contributed by atoms with Crippen LogP contribution < -0.4 is 0 Å². The molecule has 2 aromatic heterocycles. The molecule has 128 valence electrons. The molecule has 7 heteroatoms. The Labute approximate surface area is 142 Å². The highest BCUT2D eigenvalue weighted by Crippen LogP contribution is 2.20. The van der Waals surface area contributed by atoms with Gasteiger partial charge >= 0.3 is 0 Å². The van der Waals surface area contributed by atoms with Gasteiger partial charge in [0.1, 0.15) is 6.33 Å². The summed E-state index contributed by atoms with van der Waals surface area (Å²) in [6, 6.07) is 0. The number of likely N-dealkylation sites (tertiary alicyclic amines) is 1. The molecule has 1 aliphatic heterocycles. The third-order valence-corrected chi connectivity index (χ3v) is 4.26. The van der Waals surface area contributed by atoms with Crippen LogP contribution in [0.3, 0.4) is 0 Å². The van der Waals surface area contributed by atoms with Crippen molar-refractivity contribution in [3.8, 4) is 0 Å². The molecule has 1 atom stereocenters. The molecule has 0 bridgehead atoms. The van der Waals surface area contributed by atoms with Crippen LogP contribution >= 0.6 is 0 Å². The number of hydrogen-bond donors (Lipinski definition) is 0. The Morgan fingerprint density at radius 1 is 1.33 bits per heavy atom. The van der Waals surface area contributed by atoms with Gasteiger partial charge in [0.05, 0.1) is 11.3 Å². The summed E-state index contributed by atoms with van der Waals surface area (Å²) in [5.41, 5.74) is 1.59. The first-order valence-electron chi connectivity index (χ1n) is 8.55. The van der Waals surface area contributed by atoms with Crippen molar-refractivity contribution in [2.75, 3.05) is 13.1 Å². The number of carbonyl (C=O) groups is 1. The SMILES string of the molecule is CC(C)Cc1cn(C[C@@H]2CCCN(C(=O)c3cncnc3)C2)nn1. The van der Waals surface area contributed by atoms with E-state index in [4.69, 9.17) is 0 Å². The van der Waals surface area contributed by atoms with Gasteiger partial charge < -0.3 is 4.90 Å². The Balaban J connectivity index is 1.59. The number of aromatic nitrogens is 5. The number of rotatable bonds is 5. The first kappa shape index (κ1) is 16.5. The summed E-state index contributed by atoms with van der Waals surface area (Å²) < 4.78 is 1.92. The lowest BCUT2D eigenvalue weighted by Gasteiger charge is -2.32. The number of piperidine rings is 1. The second-order valence-corrected chi connectivity index (χ2v) is 6.92. The Bertz CT molecular complexity index is 669. The van der Waals surface area contributed by atoms with Crippen LogP contribution in [0.1, 0.15) is 42.7 Å². The lowest BCUT2D eigenvalue weighted by Crippen LogP contribution is -2.41. The molecular weight excluding hydrogens is 304 g/mol. The van der Waals surface area contributed by atoms with E-state index < -0.39 is 0 Å². The van der Waals surface area contributed by atoms with Crippen LogP contribution in [0.15, 0.2) is 24.9 Å². The highest BCUT2D eigenvalue weighted by molar-refractivity contribution is 5.93. The van der Waals surface area contributed by atoms with Crippen LogP contribution in [0.4, 0.5) is 0 Å². The minimum Gasteiger partial charge on any atom is -0.338 e. The van der Waals surface area contributed by atoms with Gasteiger partial charge in [-0.1, -0.05) is 19.1 Å². The summed E-state index contributed by atoms with van der Waals surface area (Å²) in [4.78, 5) is 22.3. The topological polar surface area (TPSA) is 76.8 Å². The van der Waals surface area contributed by atoms with Crippen LogP contribution in [-0.4, -0.2) is 48.9 Å². The van der Waals surface area contributed by atoms with E-state index in [-0.39, 0.29) is 5.91 Å². The fourth-order valence-corrected chi connectivity index (χ4v) is 3.19. The van der Waals surface area contributed by atoms with Crippen molar-refractivity contribution in [2.24, 2.45) is 11.8 Å². The molecule has 3 heterocycles. The minimum absolute atomic E-state index is 0.0133. The fourth-order valence-electron chi connectivity index (χ4n) is 3.19. The zero-order valence-corrected chi connectivity index (χ0v) is 14.3. The van der Waals surface area contributed by atoms with Crippen molar-refractivity contribution >= 4 is 5.91 Å². The van der Waals surface area contributed by atoms with Crippen molar-refractivity contribution < 1.29 is 4.79 Å². The first-order chi connectivity index (χ1) is 11.6.